The summed E-state index contributed by atoms with van der Waals surface area (Å²) < 4.78 is 22.9. The molecule has 0 saturated carbocycles. The lowest BCUT2D eigenvalue weighted by Crippen LogP contribution is -2.50. The lowest BCUT2D eigenvalue weighted by Gasteiger charge is -2.35. The lowest BCUT2D eigenvalue weighted by atomic mass is 9.98. The summed E-state index contributed by atoms with van der Waals surface area (Å²) >= 11 is 0. The molecule has 2 rings (SSSR count). The molecular weight excluding hydrogens is 284 g/mol. The molecule has 0 aliphatic carbocycles. The van der Waals surface area contributed by atoms with Crippen molar-refractivity contribution in [2.75, 3.05) is 31.6 Å². The minimum absolute atomic E-state index is 0.00540. The Hall–Kier alpha value is -1.31. The zero-order valence-electron chi connectivity index (χ0n) is 11.5. The quantitative estimate of drug-likeness (QED) is 0.776. The molecule has 0 aromatic heterocycles. The zero-order chi connectivity index (χ0) is 14.9. The molecule has 2 atom stereocenters. The van der Waals surface area contributed by atoms with Gasteiger partial charge in [-0.25, -0.2) is 13.2 Å². The van der Waals surface area contributed by atoms with Crippen LogP contribution in [-0.4, -0.2) is 73.0 Å². The predicted octanol–water partition coefficient (Wildman–Crippen LogP) is 0.0219. The Balaban J connectivity index is 1.98. The van der Waals surface area contributed by atoms with Gasteiger partial charge in [0.15, 0.2) is 9.84 Å². The first-order valence-electron chi connectivity index (χ1n) is 6.75. The Labute approximate surface area is 118 Å². The molecule has 2 aliphatic heterocycles. The summed E-state index contributed by atoms with van der Waals surface area (Å²) in [6, 6.07) is -0.559. The van der Waals surface area contributed by atoms with Crippen LogP contribution in [0.25, 0.3) is 0 Å². The number of rotatable bonds is 2. The topological polar surface area (TPSA) is 95.0 Å². The summed E-state index contributed by atoms with van der Waals surface area (Å²) in [5, 5.41) is 9.03. The lowest BCUT2D eigenvalue weighted by molar-refractivity contribution is -0.143. The van der Waals surface area contributed by atoms with E-state index < -0.39 is 21.7 Å². The van der Waals surface area contributed by atoms with Gasteiger partial charge in [0, 0.05) is 26.2 Å². The summed E-state index contributed by atoms with van der Waals surface area (Å²) in [6.07, 6.45) is 1.71. The fourth-order valence-electron chi connectivity index (χ4n) is 2.81. The number of aliphatic carboxylic acids is 1. The Morgan fingerprint density at radius 1 is 1.30 bits per heavy atom. The van der Waals surface area contributed by atoms with E-state index in [2.05, 4.69) is 0 Å². The number of piperidine rings is 1. The molecular formula is C12H20N2O5S. The fourth-order valence-corrected chi connectivity index (χ4v) is 4.59. The first kappa shape index (κ1) is 15.1. The maximum absolute atomic E-state index is 12.3. The van der Waals surface area contributed by atoms with Crippen LogP contribution in [0.4, 0.5) is 4.79 Å². The molecule has 1 unspecified atom stereocenters. The summed E-state index contributed by atoms with van der Waals surface area (Å²) in [4.78, 5) is 26.3. The molecule has 2 fully saturated rings. The number of carbonyl (C=O) groups excluding carboxylic acids is 1. The van der Waals surface area contributed by atoms with Crippen LogP contribution in [0.15, 0.2) is 0 Å². The van der Waals surface area contributed by atoms with Crippen molar-refractivity contribution in [1.82, 2.24) is 9.80 Å². The Bertz CT molecular complexity index is 504. The van der Waals surface area contributed by atoms with Crippen LogP contribution in [0.1, 0.15) is 19.3 Å². The molecule has 0 aromatic rings. The maximum Gasteiger partial charge on any atom is 0.320 e. The summed E-state index contributed by atoms with van der Waals surface area (Å²) in [5.41, 5.74) is 0. The normalized spacial score (nSPS) is 29.1. The highest BCUT2D eigenvalue weighted by atomic mass is 32.2. The summed E-state index contributed by atoms with van der Waals surface area (Å²) in [5.74, 6) is -1.28. The van der Waals surface area contributed by atoms with Gasteiger partial charge in [-0.15, -0.1) is 0 Å². The number of hydrogen-bond acceptors (Lipinski definition) is 4. The highest BCUT2D eigenvalue weighted by Gasteiger charge is 2.36. The second kappa shape index (κ2) is 5.59. The number of amides is 2. The van der Waals surface area contributed by atoms with Gasteiger partial charge in [-0.2, -0.15) is 0 Å². The van der Waals surface area contributed by atoms with E-state index in [4.69, 9.17) is 5.11 Å². The molecule has 0 radical (unpaired) electrons. The van der Waals surface area contributed by atoms with Gasteiger partial charge in [0.1, 0.15) is 0 Å². The Kier molecular flexibility index (Phi) is 4.22. The van der Waals surface area contributed by atoms with Crippen molar-refractivity contribution >= 4 is 21.8 Å². The second-order valence-corrected chi connectivity index (χ2v) is 7.80. The van der Waals surface area contributed by atoms with Crippen LogP contribution in [-0.2, 0) is 14.6 Å². The van der Waals surface area contributed by atoms with E-state index in [1.54, 1.807) is 7.05 Å². The van der Waals surface area contributed by atoms with Crippen molar-refractivity contribution < 1.29 is 23.1 Å². The van der Waals surface area contributed by atoms with Gasteiger partial charge in [-0.05, 0) is 19.3 Å². The monoisotopic (exact) mass is 304 g/mol. The molecule has 8 heteroatoms. The SMILES string of the molecule is CN(C(=O)N1CCC[C@H](C(=O)O)C1)C1CCS(=O)(=O)C1. The third kappa shape index (κ3) is 3.23. The van der Waals surface area contributed by atoms with Crippen LogP contribution in [0.2, 0.25) is 0 Å². The predicted molar refractivity (Wildman–Crippen MR) is 72.2 cm³/mol. The van der Waals surface area contributed by atoms with E-state index in [9.17, 15) is 18.0 Å². The molecule has 1 N–H and O–H groups in total. The minimum atomic E-state index is -3.04. The van der Waals surface area contributed by atoms with Gasteiger partial charge in [-0.3, -0.25) is 4.79 Å². The number of carbonyl (C=O) groups is 2. The van der Waals surface area contributed by atoms with Crippen molar-refractivity contribution in [3.05, 3.63) is 0 Å². The van der Waals surface area contributed by atoms with Crippen molar-refractivity contribution in [1.29, 1.82) is 0 Å². The van der Waals surface area contributed by atoms with Crippen molar-refractivity contribution in [2.45, 2.75) is 25.3 Å². The van der Waals surface area contributed by atoms with Crippen molar-refractivity contribution in [2.24, 2.45) is 5.92 Å². The molecule has 0 bridgehead atoms. The van der Waals surface area contributed by atoms with Crippen LogP contribution < -0.4 is 0 Å². The first-order chi connectivity index (χ1) is 9.30. The molecule has 0 spiro atoms. The standard InChI is InChI=1S/C12H20N2O5S/c1-13(10-4-6-20(18,19)8-10)12(17)14-5-2-3-9(7-14)11(15)16/h9-10H,2-8H2,1H3,(H,15,16)/t9-,10?/m0/s1. The van der Waals surface area contributed by atoms with E-state index in [0.717, 1.165) is 0 Å². The third-order valence-corrected chi connectivity index (χ3v) is 5.85. The molecule has 0 aromatic carbocycles. The van der Waals surface area contributed by atoms with Crippen LogP contribution >= 0.6 is 0 Å². The van der Waals surface area contributed by atoms with Crippen molar-refractivity contribution in [3.63, 3.8) is 0 Å². The molecule has 114 valence electrons. The van der Waals surface area contributed by atoms with Gasteiger partial charge >= 0.3 is 12.0 Å². The molecule has 2 heterocycles. The molecule has 2 aliphatic rings. The number of nitrogens with zero attached hydrogens (tertiary/aromatic N) is 2. The molecule has 20 heavy (non-hydrogen) atoms. The first-order valence-corrected chi connectivity index (χ1v) is 8.57. The summed E-state index contributed by atoms with van der Waals surface area (Å²) in [7, 11) is -1.44. The second-order valence-electron chi connectivity index (χ2n) is 5.57. The Morgan fingerprint density at radius 2 is 2.00 bits per heavy atom. The fraction of sp³-hybridized carbons (Fsp3) is 0.833. The number of carboxylic acid groups (broad SMARTS) is 1. The molecule has 7 nitrogen and oxygen atoms in total. The highest BCUT2D eigenvalue weighted by Crippen LogP contribution is 2.21. The van der Waals surface area contributed by atoms with Crippen LogP contribution in [0.5, 0.6) is 0 Å². The average molecular weight is 304 g/mol. The number of hydrogen-bond donors (Lipinski definition) is 1. The third-order valence-electron chi connectivity index (χ3n) is 4.10. The Morgan fingerprint density at radius 3 is 2.55 bits per heavy atom. The minimum Gasteiger partial charge on any atom is -0.481 e. The average Bonchev–Trinajstić information content (AvgIpc) is 2.77. The summed E-state index contributed by atoms with van der Waals surface area (Å²) in [6.45, 7) is 0.740. The molecule has 2 saturated heterocycles. The van der Waals surface area contributed by atoms with Gasteiger partial charge in [0.25, 0.3) is 0 Å². The van der Waals surface area contributed by atoms with Crippen molar-refractivity contribution in [3.8, 4) is 0 Å². The van der Waals surface area contributed by atoms with Gasteiger partial charge in [-0.1, -0.05) is 0 Å². The molecule has 2 amide bonds. The smallest absolute Gasteiger partial charge is 0.320 e. The maximum atomic E-state index is 12.3. The van der Waals surface area contributed by atoms with E-state index in [-0.39, 0.29) is 30.1 Å². The van der Waals surface area contributed by atoms with Crippen LogP contribution in [0, 0.1) is 5.92 Å². The highest BCUT2D eigenvalue weighted by molar-refractivity contribution is 7.91. The number of likely N-dealkylation sites (tertiary alicyclic amines) is 1. The van der Waals surface area contributed by atoms with E-state index in [0.29, 0.717) is 25.8 Å². The van der Waals surface area contributed by atoms with Gasteiger partial charge < -0.3 is 14.9 Å². The largest absolute Gasteiger partial charge is 0.481 e. The van der Waals surface area contributed by atoms with Crippen LogP contribution in [0.3, 0.4) is 0 Å². The number of sulfone groups is 1. The van der Waals surface area contributed by atoms with E-state index in [1.807, 2.05) is 0 Å². The number of carboxylic acids is 1. The van der Waals surface area contributed by atoms with E-state index >= 15 is 0 Å². The zero-order valence-corrected chi connectivity index (χ0v) is 12.3. The number of urea groups is 1. The van der Waals surface area contributed by atoms with E-state index in [1.165, 1.54) is 9.80 Å². The van der Waals surface area contributed by atoms with Gasteiger partial charge in [0.05, 0.1) is 17.4 Å². The van der Waals surface area contributed by atoms with Gasteiger partial charge in [0.2, 0.25) is 0 Å².